The van der Waals surface area contributed by atoms with Crippen LogP contribution < -0.4 is 4.74 Å². The Balaban J connectivity index is 1.13. The zero-order valence-corrected chi connectivity index (χ0v) is 30.8. The first kappa shape index (κ1) is 37.4. The van der Waals surface area contributed by atoms with Gasteiger partial charge >= 0.3 is 5.97 Å². The SMILES string of the molecule is CCCCCCCCc1ccc(C(=O)c2ccc(C(=O)Oc3ccc(-c4ccc5cc(CC(=O)CC(C)C(C)CC)ccc5c4)cc3)cc2)cc1. The summed E-state index contributed by atoms with van der Waals surface area (Å²) in [5, 5.41) is 2.21. The van der Waals surface area contributed by atoms with Gasteiger partial charge in [0.05, 0.1) is 5.56 Å². The smallest absolute Gasteiger partial charge is 0.343 e. The summed E-state index contributed by atoms with van der Waals surface area (Å²) in [6.45, 7) is 8.80. The largest absolute Gasteiger partial charge is 0.423 e. The van der Waals surface area contributed by atoms with Crippen LogP contribution >= 0.6 is 0 Å². The maximum atomic E-state index is 13.1. The molecule has 0 aliphatic carbocycles. The van der Waals surface area contributed by atoms with Gasteiger partial charge in [0, 0.05) is 24.0 Å². The molecule has 4 heteroatoms. The number of aryl methyl sites for hydroxylation is 1. The molecule has 0 saturated heterocycles. The topological polar surface area (TPSA) is 60.4 Å². The van der Waals surface area contributed by atoms with E-state index in [1.807, 2.05) is 36.4 Å². The van der Waals surface area contributed by atoms with Crippen molar-refractivity contribution in [2.24, 2.45) is 11.8 Å². The lowest BCUT2D eigenvalue weighted by Gasteiger charge is -2.17. The predicted molar refractivity (Wildman–Crippen MR) is 210 cm³/mol. The van der Waals surface area contributed by atoms with E-state index in [9.17, 15) is 14.4 Å². The number of ether oxygens (including phenoxy) is 1. The average molecular weight is 681 g/mol. The molecule has 0 aromatic heterocycles. The van der Waals surface area contributed by atoms with Crippen molar-refractivity contribution in [3.63, 3.8) is 0 Å². The maximum absolute atomic E-state index is 13.1. The summed E-state index contributed by atoms with van der Waals surface area (Å²) in [5.74, 6) is 1.15. The molecular weight excluding hydrogens is 629 g/mol. The molecule has 5 rings (SSSR count). The Kier molecular flexibility index (Phi) is 13.5. The number of rotatable bonds is 18. The number of unbranched alkanes of at least 4 members (excludes halogenated alkanes) is 5. The summed E-state index contributed by atoms with van der Waals surface area (Å²) >= 11 is 0. The number of hydrogen-bond acceptors (Lipinski definition) is 4. The number of Topliss-reactive ketones (excluding diaryl/α,β-unsaturated/α-hetero) is 1. The van der Waals surface area contributed by atoms with Crippen molar-refractivity contribution in [1.82, 2.24) is 0 Å². The first-order valence-corrected chi connectivity index (χ1v) is 18.8. The fourth-order valence-corrected chi connectivity index (χ4v) is 6.59. The van der Waals surface area contributed by atoms with Gasteiger partial charge in [-0.3, -0.25) is 9.59 Å². The third-order valence-electron chi connectivity index (χ3n) is 10.3. The molecule has 0 aliphatic rings. The van der Waals surface area contributed by atoms with E-state index in [4.69, 9.17) is 4.74 Å². The minimum absolute atomic E-state index is 0.0667. The molecule has 5 aromatic rings. The van der Waals surface area contributed by atoms with E-state index in [0.717, 1.165) is 40.3 Å². The molecule has 0 radical (unpaired) electrons. The van der Waals surface area contributed by atoms with Crippen LogP contribution in [0.15, 0.2) is 109 Å². The van der Waals surface area contributed by atoms with Gasteiger partial charge in [-0.1, -0.05) is 145 Å². The molecule has 5 aromatic carbocycles. The Morgan fingerprint density at radius 1 is 0.569 bits per heavy atom. The van der Waals surface area contributed by atoms with Crippen molar-refractivity contribution in [3.8, 4) is 16.9 Å². The zero-order valence-electron chi connectivity index (χ0n) is 30.8. The Morgan fingerprint density at radius 2 is 1.14 bits per heavy atom. The standard InChI is InChI=1S/C47H52O4/c1-5-7-8-9-10-11-12-35-13-16-38(17-14-35)46(49)39-19-21-40(22-20-39)47(50)51-45-27-25-37(26-28-45)42-24-23-41-30-36(15-18-43(41)32-42)31-44(48)29-34(4)33(3)6-2/h13-28,30,32-34H,5-12,29,31H2,1-4H3. The van der Waals surface area contributed by atoms with E-state index in [2.05, 4.69) is 64.1 Å². The minimum Gasteiger partial charge on any atom is -0.423 e. The van der Waals surface area contributed by atoms with Crippen molar-refractivity contribution in [3.05, 3.63) is 137 Å². The molecule has 2 atom stereocenters. The van der Waals surface area contributed by atoms with Crippen LogP contribution in [0.25, 0.3) is 21.9 Å². The summed E-state index contributed by atoms with van der Waals surface area (Å²) in [5.41, 5.74) is 5.92. The average Bonchev–Trinajstić information content (AvgIpc) is 3.16. The Morgan fingerprint density at radius 3 is 1.82 bits per heavy atom. The molecule has 0 amide bonds. The summed E-state index contributed by atoms with van der Waals surface area (Å²) in [6, 6.07) is 34.6. The van der Waals surface area contributed by atoms with Crippen molar-refractivity contribution in [2.75, 3.05) is 0 Å². The van der Waals surface area contributed by atoms with Gasteiger partial charge in [0.1, 0.15) is 11.5 Å². The van der Waals surface area contributed by atoms with Crippen LogP contribution in [0.2, 0.25) is 0 Å². The highest BCUT2D eigenvalue weighted by molar-refractivity contribution is 6.09. The highest BCUT2D eigenvalue weighted by Crippen LogP contribution is 2.28. The fraction of sp³-hybridized carbons (Fsp3) is 0.340. The molecule has 0 bridgehead atoms. The Bertz CT molecular complexity index is 1900. The van der Waals surface area contributed by atoms with Crippen molar-refractivity contribution in [2.45, 2.75) is 91.9 Å². The van der Waals surface area contributed by atoms with Crippen LogP contribution in [0, 0.1) is 11.8 Å². The van der Waals surface area contributed by atoms with Gasteiger partial charge in [0.2, 0.25) is 0 Å². The summed E-state index contributed by atoms with van der Waals surface area (Å²) < 4.78 is 5.66. The third kappa shape index (κ3) is 10.6. The summed E-state index contributed by atoms with van der Waals surface area (Å²) in [6.07, 6.45) is 10.8. The van der Waals surface area contributed by atoms with Gasteiger partial charge in [-0.25, -0.2) is 4.79 Å². The molecule has 51 heavy (non-hydrogen) atoms. The fourth-order valence-electron chi connectivity index (χ4n) is 6.59. The lowest BCUT2D eigenvalue weighted by molar-refractivity contribution is -0.119. The van der Waals surface area contributed by atoms with Gasteiger partial charge in [0.15, 0.2) is 5.78 Å². The molecule has 2 unspecified atom stereocenters. The highest BCUT2D eigenvalue weighted by atomic mass is 16.5. The Labute approximate surface area is 304 Å². The first-order valence-electron chi connectivity index (χ1n) is 18.8. The van der Waals surface area contributed by atoms with Crippen LogP contribution in [0.5, 0.6) is 5.75 Å². The number of benzene rings is 5. The minimum atomic E-state index is -0.477. The van der Waals surface area contributed by atoms with E-state index in [1.54, 1.807) is 36.4 Å². The zero-order chi connectivity index (χ0) is 36.2. The molecule has 0 fully saturated rings. The van der Waals surface area contributed by atoms with Crippen molar-refractivity contribution < 1.29 is 19.1 Å². The predicted octanol–water partition coefficient (Wildman–Crippen LogP) is 12.0. The second kappa shape index (κ2) is 18.4. The lowest BCUT2D eigenvalue weighted by Crippen LogP contribution is -2.14. The second-order valence-electron chi connectivity index (χ2n) is 14.2. The maximum Gasteiger partial charge on any atom is 0.343 e. The van der Waals surface area contributed by atoms with Crippen LogP contribution in [-0.4, -0.2) is 17.5 Å². The van der Waals surface area contributed by atoms with Crippen LogP contribution in [0.3, 0.4) is 0 Å². The van der Waals surface area contributed by atoms with Crippen LogP contribution in [0.4, 0.5) is 0 Å². The second-order valence-corrected chi connectivity index (χ2v) is 14.2. The Hall–Kier alpha value is -4.83. The van der Waals surface area contributed by atoms with Crippen molar-refractivity contribution >= 4 is 28.3 Å². The van der Waals surface area contributed by atoms with E-state index >= 15 is 0 Å². The van der Waals surface area contributed by atoms with Crippen LogP contribution in [0.1, 0.15) is 116 Å². The van der Waals surface area contributed by atoms with E-state index < -0.39 is 5.97 Å². The first-order chi connectivity index (χ1) is 24.7. The van der Waals surface area contributed by atoms with Crippen LogP contribution in [-0.2, 0) is 17.6 Å². The quantitative estimate of drug-likeness (QED) is 0.0400. The molecule has 0 aliphatic heterocycles. The lowest BCUT2D eigenvalue weighted by atomic mass is 9.88. The molecular formula is C47H52O4. The van der Waals surface area contributed by atoms with Gasteiger partial charge in [-0.05, 0) is 88.0 Å². The van der Waals surface area contributed by atoms with Gasteiger partial charge in [-0.2, -0.15) is 0 Å². The summed E-state index contributed by atoms with van der Waals surface area (Å²) in [7, 11) is 0. The number of carbonyl (C=O) groups is 3. The third-order valence-corrected chi connectivity index (χ3v) is 10.3. The molecule has 0 N–H and O–H groups in total. The normalized spacial score (nSPS) is 12.4. The van der Waals surface area contributed by atoms with Gasteiger partial charge in [0.25, 0.3) is 0 Å². The molecule has 0 heterocycles. The van der Waals surface area contributed by atoms with E-state index in [0.29, 0.717) is 52.9 Å². The summed E-state index contributed by atoms with van der Waals surface area (Å²) in [4.78, 5) is 38.7. The number of carbonyl (C=O) groups excluding carboxylic acids is 3. The molecule has 0 spiro atoms. The number of fused-ring (bicyclic) bond motifs is 1. The van der Waals surface area contributed by atoms with Gasteiger partial charge < -0.3 is 4.74 Å². The van der Waals surface area contributed by atoms with Gasteiger partial charge in [-0.15, -0.1) is 0 Å². The number of esters is 1. The van der Waals surface area contributed by atoms with Crippen molar-refractivity contribution in [1.29, 1.82) is 0 Å². The highest BCUT2D eigenvalue weighted by Gasteiger charge is 2.16. The molecule has 0 saturated carbocycles. The van der Waals surface area contributed by atoms with E-state index in [1.165, 1.54) is 44.1 Å². The number of hydrogen-bond donors (Lipinski definition) is 0. The monoisotopic (exact) mass is 680 g/mol. The molecule has 4 nitrogen and oxygen atoms in total. The number of ketones is 2. The molecule has 264 valence electrons. The van der Waals surface area contributed by atoms with E-state index in [-0.39, 0.29) is 5.78 Å².